The van der Waals surface area contributed by atoms with E-state index >= 15 is 0 Å². The summed E-state index contributed by atoms with van der Waals surface area (Å²) in [5.41, 5.74) is 0.950. The van der Waals surface area contributed by atoms with Crippen LogP contribution in [0.25, 0.3) is 5.69 Å². The minimum absolute atomic E-state index is 0.0238. The first-order valence-electron chi connectivity index (χ1n) is 11.1. The van der Waals surface area contributed by atoms with Crippen LogP contribution in [0.15, 0.2) is 60.0 Å². The second-order valence-electron chi connectivity index (χ2n) is 7.55. The van der Waals surface area contributed by atoms with Crippen molar-refractivity contribution in [2.75, 3.05) is 11.9 Å². The SMILES string of the molecule is CCOC(=O)/C=C1\C(OC(C)=O)=C[C@@H](OC(C)=O)O[C@@H]1CCC(=O)Nc1cn(-c2ccccc2)nn1. The Morgan fingerprint density at radius 2 is 1.89 bits per heavy atom. The Bertz CT molecular complexity index is 1170. The van der Waals surface area contributed by atoms with Gasteiger partial charge in [0.05, 0.1) is 24.6 Å². The number of esters is 3. The number of hydrogen-bond acceptors (Lipinski definition) is 10. The van der Waals surface area contributed by atoms with Gasteiger partial charge in [0.25, 0.3) is 0 Å². The zero-order valence-corrected chi connectivity index (χ0v) is 20.0. The predicted molar refractivity (Wildman–Crippen MR) is 124 cm³/mol. The van der Waals surface area contributed by atoms with Crippen LogP contribution < -0.4 is 5.32 Å². The Morgan fingerprint density at radius 1 is 1.14 bits per heavy atom. The monoisotopic (exact) mass is 498 g/mol. The summed E-state index contributed by atoms with van der Waals surface area (Å²) in [7, 11) is 0. The fourth-order valence-corrected chi connectivity index (χ4v) is 3.32. The van der Waals surface area contributed by atoms with Gasteiger partial charge >= 0.3 is 17.9 Å². The normalized spacial score (nSPS) is 18.2. The fourth-order valence-electron chi connectivity index (χ4n) is 3.32. The largest absolute Gasteiger partial charge is 0.463 e. The van der Waals surface area contributed by atoms with Crippen LogP contribution in [0.3, 0.4) is 0 Å². The van der Waals surface area contributed by atoms with E-state index in [9.17, 15) is 19.2 Å². The molecule has 1 amide bonds. The molecular formula is C24H26N4O8. The van der Waals surface area contributed by atoms with Crippen molar-refractivity contribution in [2.24, 2.45) is 0 Å². The number of rotatable bonds is 9. The lowest BCUT2D eigenvalue weighted by atomic mass is 9.99. The van der Waals surface area contributed by atoms with Gasteiger partial charge in [0, 0.05) is 38.0 Å². The molecule has 2 atom stereocenters. The zero-order chi connectivity index (χ0) is 26.1. The number of anilines is 1. The highest BCUT2D eigenvalue weighted by Gasteiger charge is 2.32. The van der Waals surface area contributed by atoms with Crippen molar-refractivity contribution in [3.8, 4) is 5.69 Å². The lowest BCUT2D eigenvalue weighted by molar-refractivity contribution is -0.175. The summed E-state index contributed by atoms with van der Waals surface area (Å²) in [5, 5.41) is 10.6. The van der Waals surface area contributed by atoms with E-state index in [2.05, 4.69) is 15.6 Å². The maximum absolute atomic E-state index is 12.6. The molecule has 0 radical (unpaired) electrons. The van der Waals surface area contributed by atoms with Crippen molar-refractivity contribution < 1.29 is 38.1 Å². The molecule has 3 rings (SSSR count). The third-order valence-corrected chi connectivity index (χ3v) is 4.73. The summed E-state index contributed by atoms with van der Waals surface area (Å²) >= 11 is 0. The lowest BCUT2D eigenvalue weighted by Gasteiger charge is -2.30. The van der Waals surface area contributed by atoms with E-state index in [0.29, 0.717) is 0 Å². The van der Waals surface area contributed by atoms with E-state index in [1.54, 1.807) is 13.1 Å². The Morgan fingerprint density at radius 3 is 2.56 bits per heavy atom. The van der Waals surface area contributed by atoms with Crippen LogP contribution in [0.1, 0.15) is 33.6 Å². The second-order valence-corrected chi connectivity index (χ2v) is 7.55. The van der Waals surface area contributed by atoms with Gasteiger partial charge in [-0.3, -0.25) is 14.4 Å². The second kappa shape index (κ2) is 12.4. The molecule has 0 saturated carbocycles. The molecule has 0 spiro atoms. The van der Waals surface area contributed by atoms with Gasteiger partial charge in [-0.15, -0.1) is 5.10 Å². The molecule has 0 bridgehead atoms. The van der Waals surface area contributed by atoms with Crippen LogP contribution >= 0.6 is 0 Å². The zero-order valence-electron chi connectivity index (χ0n) is 20.0. The topological polar surface area (TPSA) is 148 Å². The molecule has 1 N–H and O–H groups in total. The molecule has 0 saturated heterocycles. The van der Waals surface area contributed by atoms with E-state index in [4.69, 9.17) is 18.9 Å². The Balaban J connectivity index is 1.73. The molecule has 1 aliphatic rings. The standard InChI is InChI=1S/C24H26N4O8/c1-4-33-23(32)12-18-19(36-24(35-16(3)30)13-20(18)34-15(2)29)10-11-22(31)25-21-14-28(27-26-21)17-8-6-5-7-9-17/h5-9,12-14,19,24H,4,10-11H2,1-3H3,(H,25,31)/b18-12-/t19-,24+/m1/s1. The number of nitrogens with one attached hydrogen (secondary N) is 1. The third-order valence-electron chi connectivity index (χ3n) is 4.73. The van der Waals surface area contributed by atoms with Gasteiger partial charge in [0.2, 0.25) is 12.2 Å². The molecule has 1 aliphatic heterocycles. The smallest absolute Gasteiger partial charge is 0.331 e. The van der Waals surface area contributed by atoms with Crippen LogP contribution in [0, 0.1) is 0 Å². The molecule has 2 aromatic rings. The van der Waals surface area contributed by atoms with Crippen molar-refractivity contribution in [2.45, 2.75) is 46.0 Å². The van der Waals surface area contributed by atoms with E-state index < -0.39 is 36.2 Å². The van der Waals surface area contributed by atoms with Gasteiger partial charge in [0.15, 0.2) is 5.82 Å². The molecule has 36 heavy (non-hydrogen) atoms. The number of aromatic nitrogens is 3. The van der Waals surface area contributed by atoms with Crippen molar-refractivity contribution >= 4 is 29.6 Å². The van der Waals surface area contributed by atoms with E-state index in [1.807, 2.05) is 30.3 Å². The number of hydrogen-bond donors (Lipinski definition) is 1. The quantitative estimate of drug-likeness (QED) is 0.310. The summed E-state index contributed by atoms with van der Waals surface area (Å²) in [6, 6.07) is 9.25. The number of benzene rings is 1. The minimum atomic E-state index is -1.19. The first kappa shape index (κ1) is 26.3. The predicted octanol–water partition coefficient (Wildman–Crippen LogP) is 2.21. The number of ether oxygens (including phenoxy) is 4. The average molecular weight is 498 g/mol. The molecule has 12 nitrogen and oxygen atoms in total. The lowest BCUT2D eigenvalue weighted by Crippen LogP contribution is -2.33. The Kier molecular flexibility index (Phi) is 9.06. The van der Waals surface area contributed by atoms with E-state index in [1.165, 1.54) is 24.6 Å². The van der Waals surface area contributed by atoms with Crippen molar-refractivity contribution in [3.05, 3.63) is 60.0 Å². The van der Waals surface area contributed by atoms with E-state index in [0.717, 1.165) is 11.8 Å². The molecule has 190 valence electrons. The highest BCUT2D eigenvalue weighted by Crippen LogP contribution is 2.30. The Labute approximate surface area is 206 Å². The molecule has 12 heteroatoms. The highest BCUT2D eigenvalue weighted by atomic mass is 16.7. The van der Waals surface area contributed by atoms with Crippen LogP contribution in [0.5, 0.6) is 0 Å². The maximum atomic E-state index is 12.6. The van der Waals surface area contributed by atoms with Crippen molar-refractivity contribution in [3.63, 3.8) is 0 Å². The number of amides is 1. The number of para-hydroxylation sites is 1. The average Bonchev–Trinajstić information content (AvgIpc) is 3.28. The van der Waals surface area contributed by atoms with Gasteiger partial charge in [-0.1, -0.05) is 23.4 Å². The van der Waals surface area contributed by atoms with Crippen molar-refractivity contribution in [1.82, 2.24) is 15.0 Å². The number of nitrogens with zero attached hydrogens (tertiary/aromatic N) is 3. The van der Waals surface area contributed by atoms with Crippen LogP contribution in [0.2, 0.25) is 0 Å². The summed E-state index contributed by atoms with van der Waals surface area (Å²) in [4.78, 5) is 47.9. The first-order valence-corrected chi connectivity index (χ1v) is 11.1. The Hall–Kier alpha value is -4.32. The molecule has 0 aliphatic carbocycles. The summed E-state index contributed by atoms with van der Waals surface area (Å²) < 4.78 is 22.6. The van der Waals surface area contributed by atoms with Crippen LogP contribution in [-0.4, -0.2) is 57.8 Å². The van der Waals surface area contributed by atoms with Gasteiger partial charge in [-0.25, -0.2) is 9.48 Å². The van der Waals surface area contributed by atoms with Crippen molar-refractivity contribution in [1.29, 1.82) is 0 Å². The maximum Gasteiger partial charge on any atom is 0.331 e. The summed E-state index contributed by atoms with van der Waals surface area (Å²) in [6.45, 7) is 4.15. The highest BCUT2D eigenvalue weighted by molar-refractivity contribution is 5.89. The number of carbonyl (C=O) groups excluding carboxylic acids is 4. The minimum Gasteiger partial charge on any atom is -0.463 e. The summed E-state index contributed by atoms with van der Waals surface area (Å²) in [5.74, 6) is -2.15. The van der Waals surface area contributed by atoms with Gasteiger partial charge in [-0.2, -0.15) is 0 Å². The summed E-state index contributed by atoms with van der Waals surface area (Å²) in [6.07, 6.45) is 1.82. The van der Waals surface area contributed by atoms with Gasteiger partial charge in [-0.05, 0) is 25.5 Å². The van der Waals surface area contributed by atoms with Crippen LogP contribution in [0.4, 0.5) is 5.82 Å². The molecule has 0 unspecified atom stereocenters. The first-order chi connectivity index (χ1) is 17.2. The molecule has 1 aromatic heterocycles. The fraction of sp³-hybridized carbons (Fsp3) is 0.333. The molecular weight excluding hydrogens is 472 g/mol. The van der Waals surface area contributed by atoms with Gasteiger partial charge in [0.1, 0.15) is 5.76 Å². The number of carbonyl (C=O) groups is 4. The van der Waals surface area contributed by atoms with Gasteiger partial charge < -0.3 is 24.3 Å². The van der Waals surface area contributed by atoms with E-state index in [-0.39, 0.29) is 36.6 Å². The third kappa shape index (κ3) is 7.60. The molecule has 1 aromatic carbocycles. The molecule has 0 fully saturated rings. The van der Waals surface area contributed by atoms with Crippen LogP contribution in [-0.2, 0) is 38.1 Å². The molecule has 2 heterocycles.